The highest BCUT2D eigenvalue weighted by atomic mass is 19.4. The Kier molecular flexibility index (Phi) is 6.17. The van der Waals surface area contributed by atoms with Crippen LogP contribution in [0.2, 0.25) is 0 Å². The Labute approximate surface area is 124 Å². The number of nitrogens with zero attached hydrogens (tertiary/aromatic N) is 1. The van der Waals surface area contributed by atoms with Crippen molar-refractivity contribution >= 4 is 17.6 Å². The summed E-state index contributed by atoms with van der Waals surface area (Å²) in [6.07, 6.45) is -5.08. The van der Waals surface area contributed by atoms with Gasteiger partial charge in [-0.2, -0.15) is 13.2 Å². The first kappa shape index (κ1) is 17.8. The molecule has 1 aromatic carbocycles. The maximum absolute atomic E-state index is 11.2. The van der Waals surface area contributed by atoms with E-state index < -0.39 is 12.1 Å². The van der Waals surface area contributed by atoms with E-state index in [1.165, 1.54) is 0 Å². The Morgan fingerprint density at radius 1 is 1.18 bits per heavy atom. The van der Waals surface area contributed by atoms with E-state index in [2.05, 4.69) is 10.2 Å². The molecule has 1 aliphatic rings. The van der Waals surface area contributed by atoms with Crippen LogP contribution in [0.4, 0.5) is 18.9 Å². The number of carboxylic acids is 1. The second kappa shape index (κ2) is 7.64. The predicted octanol–water partition coefficient (Wildman–Crippen LogP) is 0.828. The highest BCUT2D eigenvalue weighted by Gasteiger charge is 2.38. The number of rotatable bonds is 2. The van der Waals surface area contributed by atoms with E-state index in [9.17, 15) is 18.0 Å². The number of para-hydroxylation sites is 1. The first-order valence-electron chi connectivity index (χ1n) is 6.38. The van der Waals surface area contributed by atoms with Crippen molar-refractivity contribution in [3.05, 3.63) is 29.8 Å². The SMILES string of the molecule is NC(=O)c1ccccc1N1CCNCC1.O=C(O)C(F)(F)F. The minimum absolute atomic E-state index is 0.357. The molecule has 0 radical (unpaired) electrons. The Balaban J connectivity index is 0.000000295. The van der Waals surface area contributed by atoms with Gasteiger partial charge in [-0.15, -0.1) is 0 Å². The van der Waals surface area contributed by atoms with E-state index in [-0.39, 0.29) is 5.91 Å². The van der Waals surface area contributed by atoms with Crippen molar-refractivity contribution in [1.82, 2.24) is 5.32 Å². The van der Waals surface area contributed by atoms with Crippen LogP contribution in [0.5, 0.6) is 0 Å². The molecule has 0 saturated carbocycles. The standard InChI is InChI=1S/C11H15N3O.C2HF3O2/c12-11(15)9-3-1-2-4-10(9)14-7-5-13-6-8-14;3-2(4,5)1(6)7/h1-4,13H,5-8H2,(H2,12,15);(H,6,7). The van der Waals surface area contributed by atoms with Crippen LogP contribution in [0.25, 0.3) is 0 Å². The second-order valence-corrected chi connectivity index (χ2v) is 4.42. The maximum Gasteiger partial charge on any atom is 0.490 e. The molecule has 0 spiro atoms. The predicted molar refractivity (Wildman–Crippen MR) is 73.7 cm³/mol. The lowest BCUT2D eigenvalue weighted by Gasteiger charge is -2.30. The van der Waals surface area contributed by atoms with Gasteiger partial charge in [0.25, 0.3) is 5.91 Å². The summed E-state index contributed by atoms with van der Waals surface area (Å²) in [6.45, 7) is 3.74. The van der Waals surface area contributed by atoms with Gasteiger partial charge in [-0.1, -0.05) is 12.1 Å². The summed E-state index contributed by atoms with van der Waals surface area (Å²) in [5.41, 5.74) is 6.90. The number of carboxylic acid groups (broad SMARTS) is 1. The Morgan fingerprint density at radius 2 is 1.68 bits per heavy atom. The highest BCUT2D eigenvalue weighted by Crippen LogP contribution is 2.20. The molecular formula is C13H16F3N3O3. The quantitative estimate of drug-likeness (QED) is 0.750. The molecule has 0 bridgehead atoms. The molecule has 9 heteroatoms. The van der Waals surface area contributed by atoms with Gasteiger partial charge in [0.2, 0.25) is 0 Å². The van der Waals surface area contributed by atoms with Crippen molar-refractivity contribution in [3.63, 3.8) is 0 Å². The molecule has 1 heterocycles. The van der Waals surface area contributed by atoms with Crippen LogP contribution in [-0.4, -0.2) is 49.3 Å². The first-order chi connectivity index (χ1) is 10.2. The molecule has 22 heavy (non-hydrogen) atoms. The number of hydrogen-bond donors (Lipinski definition) is 3. The number of primary amides is 1. The fraction of sp³-hybridized carbons (Fsp3) is 0.385. The minimum Gasteiger partial charge on any atom is -0.475 e. The van der Waals surface area contributed by atoms with Crippen molar-refractivity contribution in [2.75, 3.05) is 31.1 Å². The Hall–Kier alpha value is -2.29. The molecule has 0 unspecified atom stereocenters. The van der Waals surface area contributed by atoms with Crippen LogP contribution in [0.1, 0.15) is 10.4 Å². The van der Waals surface area contributed by atoms with Gasteiger partial charge in [0.05, 0.1) is 5.56 Å². The Morgan fingerprint density at radius 3 is 2.14 bits per heavy atom. The zero-order chi connectivity index (χ0) is 16.8. The van der Waals surface area contributed by atoms with E-state index in [4.69, 9.17) is 15.6 Å². The summed E-state index contributed by atoms with van der Waals surface area (Å²) in [4.78, 5) is 22.3. The van der Waals surface area contributed by atoms with Crippen LogP contribution >= 0.6 is 0 Å². The Bertz CT molecular complexity index is 529. The molecule has 1 fully saturated rings. The van der Waals surface area contributed by atoms with Gasteiger partial charge in [0.1, 0.15) is 0 Å². The van der Waals surface area contributed by atoms with Crippen molar-refractivity contribution in [2.45, 2.75) is 6.18 Å². The van der Waals surface area contributed by atoms with Gasteiger partial charge in [0.15, 0.2) is 0 Å². The summed E-state index contributed by atoms with van der Waals surface area (Å²) >= 11 is 0. The third-order valence-corrected chi connectivity index (χ3v) is 2.87. The molecule has 1 saturated heterocycles. The number of alkyl halides is 3. The van der Waals surface area contributed by atoms with Crippen molar-refractivity contribution in [2.24, 2.45) is 5.73 Å². The van der Waals surface area contributed by atoms with Crippen LogP contribution in [0, 0.1) is 0 Å². The van der Waals surface area contributed by atoms with Crippen molar-refractivity contribution in [1.29, 1.82) is 0 Å². The number of carbonyl (C=O) groups is 2. The highest BCUT2D eigenvalue weighted by molar-refractivity contribution is 5.98. The average Bonchev–Trinajstić information content (AvgIpc) is 2.48. The van der Waals surface area contributed by atoms with Gasteiger partial charge in [-0.3, -0.25) is 4.79 Å². The van der Waals surface area contributed by atoms with Crippen LogP contribution in [-0.2, 0) is 4.79 Å². The largest absolute Gasteiger partial charge is 0.490 e. The number of piperazine rings is 1. The van der Waals surface area contributed by atoms with Gasteiger partial charge in [-0.05, 0) is 12.1 Å². The van der Waals surface area contributed by atoms with E-state index in [1.807, 2.05) is 18.2 Å². The number of nitrogens with one attached hydrogen (secondary N) is 1. The summed E-state index contributed by atoms with van der Waals surface area (Å²) in [5, 5.41) is 10.4. The number of benzene rings is 1. The molecule has 6 nitrogen and oxygen atoms in total. The summed E-state index contributed by atoms with van der Waals surface area (Å²) in [7, 11) is 0. The molecule has 0 atom stereocenters. The molecule has 0 aliphatic carbocycles. The van der Waals surface area contributed by atoms with Gasteiger partial charge in [0, 0.05) is 31.9 Å². The van der Waals surface area contributed by atoms with Crippen LogP contribution in [0.3, 0.4) is 0 Å². The number of halogens is 3. The van der Waals surface area contributed by atoms with Crippen LogP contribution < -0.4 is 16.0 Å². The van der Waals surface area contributed by atoms with Gasteiger partial charge >= 0.3 is 12.1 Å². The summed E-state index contributed by atoms with van der Waals surface area (Å²) in [6, 6.07) is 7.50. The number of aliphatic carboxylic acids is 1. The normalized spacial score (nSPS) is 14.8. The fourth-order valence-electron chi connectivity index (χ4n) is 1.86. The van der Waals surface area contributed by atoms with Crippen LogP contribution in [0.15, 0.2) is 24.3 Å². The van der Waals surface area contributed by atoms with Crippen molar-refractivity contribution < 1.29 is 27.9 Å². The number of nitrogens with two attached hydrogens (primary N) is 1. The summed E-state index contributed by atoms with van der Waals surface area (Å²) < 4.78 is 31.7. The third-order valence-electron chi connectivity index (χ3n) is 2.87. The molecular weight excluding hydrogens is 303 g/mol. The maximum atomic E-state index is 11.2. The lowest BCUT2D eigenvalue weighted by molar-refractivity contribution is -0.192. The molecule has 1 amide bonds. The number of hydrogen-bond acceptors (Lipinski definition) is 4. The number of carbonyl (C=O) groups excluding carboxylic acids is 1. The monoisotopic (exact) mass is 319 g/mol. The number of anilines is 1. The second-order valence-electron chi connectivity index (χ2n) is 4.42. The average molecular weight is 319 g/mol. The number of amides is 1. The minimum atomic E-state index is -5.08. The van der Waals surface area contributed by atoms with Gasteiger partial charge < -0.3 is 21.1 Å². The topological polar surface area (TPSA) is 95.7 Å². The third kappa shape index (κ3) is 5.24. The molecule has 1 aliphatic heterocycles. The lowest BCUT2D eigenvalue weighted by Crippen LogP contribution is -2.44. The lowest BCUT2D eigenvalue weighted by atomic mass is 10.1. The zero-order valence-electron chi connectivity index (χ0n) is 11.6. The first-order valence-corrected chi connectivity index (χ1v) is 6.38. The van der Waals surface area contributed by atoms with E-state index in [0.29, 0.717) is 5.56 Å². The van der Waals surface area contributed by atoms with E-state index in [0.717, 1.165) is 31.9 Å². The molecule has 0 aromatic heterocycles. The molecule has 1 aromatic rings. The van der Waals surface area contributed by atoms with E-state index >= 15 is 0 Å². The molecule has 122 valence electrons. The van der Waals surface area contributed by atoms with Gasteiger partial charge in [-0.25, -0.2) is 4.79 Å². The smallest absolute Gasteiger partial charge is 0.475 e. The summed E-state index contributed by atoms with van der Waals surface area (Å²) in [5.74, 6) is -3.11. The zero-order valence-corrected chi connectivity index (χ0v) is 11.6. The molecule has 4 N–H and O–H groups in total. The van der Waals surface area contributed by atoms with E-state index in [1.54, 1.807) is 6.07 Å². The molecule has 2 rings (SSSR count). The van der Waals surface area contributed by atoms with Crippen molar-refractivity contribution in [3.8, 4) is 0 Å². The fourth-order valence-corrected chi connectivity index (χ4v) is 1.86.